The van der Waals surface area contributed by atoms with Gasteiger partial charge < -0.3 is 15.0 Å². The average Bonchev–Trinajstić information content (AvgIpc) is 3.00. The molecule has 0 bridgehead atoms. The zero-order chi connectivity index (χ0) is 18.8. The maximum Gasteiger partial charge on any atom is 0.229 e. The molecule has 0 saturated carbocycles. The molecule has 0 aliphatic carbocycles. The molecule has 5 nitrogen and oxygen atoms in total. The van der Waals surface area contributed by atoms with Crippen LogP contribution < -0.4 is 15.0 Å². The van der Waals surface area contributed by atoms with Crippen molar-refractivity contribution in [1.29, 1.82) is 0 Å². The molecule has 1 fully saturated rings. The van der Waals surface area contributed by atoms with Crippen LogP contribution in [0.15, 0.2) is 36.4 Å². The lowest BCUT2D eigenvalue weighted by Crippen LogP contribution is -2.28. The number of nitrogens with zero attached hydrogens (tertiary/aromatic N) is 1. The first-order valence-corrected chi connectivity index (χ1v) is 8.79. The number of carbonyl (C=O) groups excluding carboxylic acids is 2. The van der Waals surface area contributed by atoms with Crippen molar-refractivity contribution in [2.45, 2.75) is 20.3 Å². The first-order chi connectivity index (χ1) is 12.4. The summed E-state index contributed by atoms with van der Waals surface area (Å²) in [4.78, 5) is 26.6. The van der Waals surface area contributed by atoms with Crippen LogP contribution >= 0.6 is 11.6 Å². The Bertz CT molecular complexity index is 866. The molecular formula is C20H21ClN2O3. The lowest BCUT2D eigenvalue weighted by Gasteiger charge is -2.20. The van der Waals surface area contributed by atoms with Crippen molar-refractivity contribution < 1.29 is 14.3 Å². The Labute approximate surface area is 157 Å². The number of carbonyl (C=O) groups is 2. The number of hydrogen-bond donors (Lipinski definition) is 1. The standard InChI is InChI=1S/C20H21ClN2O3/c1-12-4-6-16(8-13(12)2)22-20(25)14-9-19(24)23(11-14)17-10-15(21)5-7-18(17)26-3/h4-8,10,14H,9,11H2,1-3H3,(H,22,25)/t14-/m0/s1. The smallest absolute Gasteiger partial charge is 0.229 e. The summed E-state index contributed by atoms with van der Waals surface area (Å²) in [6.07, 6.45) is 0.159. The van der Waals surface area contributed by atoms with E-state index in [0.717, 1.165) is 11.3 Å². The highest BCUT2D eigenvalue weighted by Gasteiger charge is 2.36. The van der Waals surface area contributed by atoms with Crippen LogP contribution in [0.2, 0.25) is 5.02 Å². The molecule has 1 aliphatic rings. The van der Waals surface area contributed by atoms with E-state index in [1.165, 1.54) is 12.7 Å². The molecule has 3 rings (SSSR count). The monoisotopic (exact) mass is 372 g/mol. The van der Waals surface area contributed by atoms with Gasteiger partial charge in [0.05, 0.1) is 18.7 Å². The molecular weight excluding hydrogens is 352 g/mol. The van der Waals surface area contributed by atoms with E-state index in [4.69, 9.17) is 16.3 Å². The number of aryl methyl sites for hydroxylation is 2. The second kappa shape index (κ2) is 7.38. The fraction of sp³-hybridized carbons (Fsp3) is 0.300. The van der Waals surface area contributed by atoms with Crippen molar-refractivity contribution in [2.75, 3.05) is 23.9 Å². The Morgan fingerprint density at radius 3 is 2.65 bits per heavy atom. The summed E-state index contributed by atoms with van der Waals surface area (Å²) in [5.41, 5.74) is 3.60. The van der Waals surface area contributed by atoms with Crippen molar-refractivity contribution in [3.63, 3.8) is 0 Å². The number of methoxy groups -OCH3 is 1. The van der Waals surface area contributed by atoms with Gasteiger partial charge >= 0.3 is 0 Å². The van der Waals surface area contributed by atoms with Crippen molar-refractivity contribution in [3.05, 3.63) is 52.5 Å². The van der Waals surface area contributed by atoms with Gasteiger partial charge in [0.1, 0.15) is 5.75 Å². The summed E-state index contributed by atoms with van der Waals surface area (Å²) in [5.74, 6) is -0.151. The summed E-state index contributed by atoms with van der Waals surface area (Å²) in [5, 5.41) is 3.42. The SMILES string of the molecule is COc1ccc(Cl)cc1N1C[C@@H](C(=O)Nc2ccc(C)c(C)c2)CC1=O. The van der Waals surface area contributed by atoms with Gasteiger partial charge in [0.25, 0.3) is 0 Å². The van der Waals surface area contributed by atoms with E-state index < -0.39 is 5.92 Å². The first kappa shape index (κ1) is 18.3. The third-order valence-electron chi connectivity index (χ3n) is 4.70. The van der Waals surface area contributed by atoms with Crippen molar-refractivity contribution in [1.82, 2.24) is 0 Å². The molecule has 0 unspecified atom stereocenters. The van der Waals surface area contributed by atoms with Crippen LogP contribution in [0.5, 0.6) is 5.75 Å². The van der Waals surface area contributed by atoms with Crippen molar-refractivity contribution in [3.8, 4) is 5.75 Å². The minimum atomic E-state index is -0.423. The van der Waals surface area contributed by atoms with Crippen LogP contribution in [0.1, 0.15) is 17.5 Å². The molecule has 2 aromatic carbocycles. The van der Waals surface area contributed by atoms with Gasteiger partial charge in [-0.25, -0.2) is 0 Å². The molecule has 1 atom stereocenters. The van der Waals surface area contributed by atoms with Crippen LogP contribution in [0, 0.1) is 19.8 Å². The highest BCUT2D eigenvalue weighted by molar-refractivity contribution is 6.31. The van der Waals surface area contributed by atoms with Crippen molar-refractivity contribution >= 4 is 34.8 Å². The maximum atomic E-state index is 12.6. The number of benzene rings is 2. The predicted octanol–water partition coefficient (Wildman–Crippen LogP) is 3.96. The number of hydrogen-bond acceptors (Lipinski definition) is 3. The Morgan fingerprint density at radius 1 is 1.19 bits per heavy atom. The van der Waals surface area contributed by atoms with Gasteiger partial charge in [0.15, 0.2) is 0 Å². The van der Waals surface area contributed by atoms with Gasteiger partial charge in [-0.3, -0.25) is 9.59 Å². The lowest BCUT2D eigenvalue weighted by atomic mass is 10.1. The Hall–Kier alpha value is -2.53. The average molecular weight is 373 g/mol. The molecule has 1 saturated heterocycles. The summed E-state index contributed by atoms with van der Waals surface area (Å²) in [6.45, 7) is 4.32. The second-order valence-electron chi connectivity index (χ2n) is 6.51. The highest BCUT2D eigenvalue weighted by Crippen LogP contribution is 2.35. The molecule has 1 aliphatic heterocycles. The molecule has 2 aromatic rings. The van der Waals surface area contributed by atoms with Crippen LogP contribution in [-0.2, 0) is 9.59 Å². The number of halogens is 1. The second-order valence-corrected chi connectivity index (χ2v) is 6.95. The van der Waals surface area contributed by atoms with Crippen LogP contribution in [0.25, 0.3) is 0 Å². The molecule has 1 N–H and O–H groups in total. The molecule has 6 heteroatoms. The lowest BCUT2D eigenvalue weighted by molar-refractivity contribution is -0.122. The number of amides is 2. The Kier molecular flexibility index (Phi) is 5.18. The minimum Gasteiger partial charge on any atom is -0.495 e. The molecule has 0 aromatic heterocycles. The summed E-state index contributed by atoms with van der Waals surface area (Å²) in [6, 6.07) is 10.9. The fourth-order valence-corrected chi connectivity index (χ4v) is 3.22. The topological polar surface area (TPSA) is 58.6 Å². The maximum absolute atomic E-state index is 12.6. The predicted molar refractivity (Wildman–Crippen MR) is 103 cm³/mol. The van der Waals surface area contributed by atoms with E-state index in [-0.39, 0.29) is 18.2 Å². The molecule has 1 heterocycles. The highest BCUT2D eigenvalue weighted by atomic mass is 35.5. The third-order valence-corrected chi connectivity index (χ3v) is 4.94. The molecule has 0 radical (unpaired) electrons. The van der Waals surface area contributed by atoms with E-state index in [2.05, 4.69) is 5.32 Å². The number of rotatable bonds is 4. The number of ether oxygens (including phenoxy) is 1. The largest absolute Gasteiger partial charge is 0.495 e. The van der Waals surface area contributed by atoms with E-state index in [9.17, 15) is 9.59 Å². The summed E-state index contributed by atoms with van der Waals surface area (Å²) in [7, 11) is 1.54. The fourth-order valence-electron chi connectivity index (χ4n) is 3.05. The molecule has 136 valence electrons. The summed E-state index contributed by atoms with van der Waals surface area (Å²) >= 11 is 6.06. The minimum absolute atomic E-state index is 0.120. The van der Waals surface area contributed by atoms with Gasteiger partial charge in [-0.2, -0.15) is 0 Å². The Balaban J connectivity index is 1.76. The molecule has 0 spiro atoms. The third kappa shape index (κ3) is 3.68. The molecule has 2 amide bonds. The van der Waals surface area contributed by atoms with Gasteiger partial charge in [0.2, 0.25) is 11.8 Å². The number of anilines is 2. The molecule has 26 heavy (non-hydrogen) atoms. The van der Waals surface area contributed by atoms with E-state index in [0.29, 0.717) is 23.0 Å². The first-order valence-electron chi connectivity index (χ1n) is 8.41. The van der Waals surface area contributed by atoms with Gasteiger partial charge in [0, 0.05) is 23.7 Å². The zero-order valence-corrected chi connectivity index (χ0v) is 15.8. The van der Waals surface area contributed by atoms with E-state index in [1.54, 1.807) is 23.1 Å². The van der Waals surface area contributed by atoms with Gasteiger partial charge in [-0.05, 0) is 55.3 Å². The summed E-state index contributed by atoms with van der Waals surface area (Å²) < 4.78 is 5.32. The van der Waals surface area contributed by atoms with Crippen LogP contribution in [0.3, 0.4) is 0 Å². The van der Waals surface area contributed by atoms with Crippen LogP contribution in [0.4, 0.5) is 11.4 Å². The van der Waals surface area contributed by atoms with Gasteiger partial charge in [-0.15, -0.1) is 0 Å². The Morgan fingerprint density at radius 2 is 1.96 bits per heavy atom. The van der Waals surface area contributed by atoms with Gasteiger partial charge in [-0.1, -0.05) is 17.7 Å². The normalized spacial score (nSPS) is 16.7. The van der Waals surface area contributed by atoms with Crippen LogP contribution in [-0.4, -0.2) is 25.5 Å². The quantitative estimate of drug-likeness (QED) is 0.883. The van der Waals surface area contributed by atoms with E-state index >= 15 is 0 Å². The van der Waals surface area contributed by atoms with E-state index in [1.807, 2.05) is 32.0 Å². The van der Waals surface area contributed by atoms with Crippen molar-refractivity contribution in [2.24, 2.45) is 5.92 Å². The number of nitrogens with one attached hydrogen (secondary N) is 1. The zero-order valence-electron chi connectivity index (χ0n) is 15.0.